The molecule has 1 aliphatic rings. The van der Waals surface area contributed by atoms with E-state index in [4.69, 9.17) is 0 Å². The molecule has 5 nitrogen and oxygen atoms in total. The monoisotopic (exact) mass is 376 g/mol. The number of rotatable bonds is 4. The van der Waals surface area contributed by atoms with Gasteiger partial charge in [0.15, 0.2) is 0 Å². The van der Waals surface area contributed by atoms with Crippen molar-refractivity contribution < 1.29 is 15.3 Å². The van der Waals surface area contributed by atoms with Gasteiger partial charge in [-0.2, -0.15) is 0 Å². The summed E-state index contributed by atoms with van der Waals surface area (Å²) in [7, 11) is 0. The summed E-state index contributed by atoms with van der Waals surface area (Å²) < 4.78 is 0. The fraction of sp³-hybridized carbons (Fsp3) is 0.217. The second-order valence-electron chi connectivity index (χ2n) is 7.09. The summed E-state index contributed by atoms with van der Waals surface area (Å²) in [6, 6.07) is 21.9. The average molecular weight is 376 g/mol. The van der Waals surface area contributed by atoms with E-state index >= 15 is 0 Å². The Kier molecular flexibility index (Phi) is 4.94. The molecule has 0 saturated carbocycles. The van der Waals surface area contributed by atoms with Crippen molar-refractivity contribution in [2.75, 3.05) is 26.2 Å². The van der Waals surface area contributed by atoms with Crippen molar-refractivity contribution in [1.82, 2.24) is 10.2 Å². The van der Waals surface area contributed by atoms with Gasteiger partial charge in [-0.15, -0.1) is 0 Å². The molecule has 0 aliphatic carbocycles. The summed E-state index contributed by atoms with van der Waals surface area (Å²) in [5.74, 6) is 0.651. The van der Waals surface area contributed by atoms with E-state index in [0.29, 0.717) is 0 Å². The van der Waals surface area contributed by atoms with Crippen molar-refractivity contribution in [3.8, 4) is 17.2 Å². The third-order valence-corrected chi connectivity index (χ3v) is 5.45. The lowest BCUT2D eigenvalue weighted by Gasteiger charge is -2.47. The predicted molar refractivity (Wildman–Crippen MR) is 109 cm³/mol. The average Bonchev–Trinajstić information content (AvgIpc) is 2.73. The van der Waals surface area contributed by atoms with E-state index in [1.54, 1.807) is 36.4 Å². The molecule has 0 bridgehead atoms. The molecule has 28 heavy (non-hydrogen) atoms. The number of phenolic OH excluding ortho intramolecular Hbond substituents is 3. The number of aromatic hydroxyl groups is 3. The highest BCUT2D eigenvalue weighted by Gasteiger charge is 2.42. The molecule has 1 saturated heterocycles. The molecule has 0 aromatic heterocycles. The summed E-state index contributed by atoms with van der Waals surface area (Å²) >= 11 is 0. The Hall–Kier alpha value is -3.02. The maximum Gasteiger partial charge on any atom is 0.115 e. The Balaban J connectivity index is 2.01. The number of nitrogens with zero attached hydrogens (tertiary/aromatic N) is 1. The minimum absolute atomic E-state index is 0.217. The first-order chi connectivity index (χ1) is 13.6. The molecule has 144 valence electrons. The van der Waals surface area contributed by atoms with Crippen LogP contribution in [-0.2, 0) is 5.54 Å². The summed E-state index contributed by atoms with van der Waals surface area (Å²) in [4.78, 5) is 2.41. The maximum atomic E-state index is 9.86. The Morgan fingerprint density at radius 3 is 1.21 bits per heavy atom. The summed E-state index contributed by atoms with van der Waals surface area (Å²) in [6.45, 7) is 3.41. The molecule has 1 heterocycles. The molecule has 0 atom stereocenters. The van der Waals surface area contributed by atoms with E-state index in [0.717, 1.165) is 42.9 Å². The molecule has 3 aromatic rings. The van der Waals surface area contributed by atoms with Crippen LogP contribution in [0.2, 0.25) is 0 Å². The van der Waals surface area contributed by atoms with Gasteiger partial charge < -0.3 is 20.6 Å². The second-order valence-corrected chi connectivity index (χ2v) is 7.09. The van der Waals surface area contributed by atoms with Gasteiger partial charge >= 0.3 is 0 Å². The lowest BCUT2D eigenvalue weighted by molar-refractivity contribution is 0.137. The first-order valence-electron chi connectivity index (χ1n) is 9.45. The predicted octanol–water partition coefficient (Wildman–Crippen LogP) is 3.00. The quantitative estimate of drug-likeness (QED) is 0.527. The highest BCUT2D eigenvalue weighted by Crippen LogP contribution is 2.43. The van der Waals surface area contributed by atoms with Crippen molar-refractivity contribution in [2.24, 2.45) is 0 Å². The standard InChI is InChI=1S/C23H24N2O3/c26-20-7-1-17(2-8-20)23(25-15-13-24-14-16-25,18-3-9-21(27)10-4-18)19-5-11-22(28)12-6-19/h1-12,24,26-28H,13-16H2. The van der Waals surface area contributed by atoms with Crippen molar-refractivity contribution >= 4 is 0 Å². The van der Waals surface area contributed by atoms with E-state index in [1.807, 2.05) is 36.4 Å². The Labute approximate surface area is 164 Å². The minimum Gasteiger partial charge on any atom is -0.508 e. The Bertz CT molecular complexity index is 805. The number of benzene rings is 3. The van der Waals surface area contributed by atoms with Gasteiger partial charge in [-0.3, -0.25) is 4.90 Å². The van der Waals surface area contributed by atoms with Crippen molar-refractivity contribution in [3.63, 3.8) is 0 Å². The highest BCUT2D eigenvalue weighted by atomic mass is 16.3. The van der Waals surface area contributed by atoms with Crippen LogP contribution in [0.5, 0.6) is 17.2 Å². The molecule has 0 amide bonds. The van der Waals surface area contributed by atoms with Gasteiger partial charge in [0.25, 0.3) is 0 Å². The third-order valence-electron chi connectivity index (χ3n) is 5.45. The van der Waals surface area contributed by atoms with E-state index in [1.165, 1.54) is 0 Å². The van der Waals surface area contributed by atoms with Gasteiger partial charge in [0.1, 0.15) is 17.2 Å². The lowest BCUT2D eigenvalue weighted by atomic mass is 9.75. The van der Waals surface area contributed by atoms with Crippen LogP contribution in [0.3, 0.4) is 0 Å². The Morgan fingerprint density at radius 1 is 0.571 bits per heavy atom. The molecule has 3 aromatic carbocycles. The fourth-order valence-corrected chi connectivity index (χ4v) is 4.16. The molecular weight excluding hydrogens is 352 g/mol. The van der Waals surface area contributed by atoms with Gasteiger partial charge in [-0.05, 0) is 53.1 Å². The molecule has 4 rings (SSSR count). The van der Waals surface area contributed by atoms with E-state index in [2.05, 4.69) is 10.2 Å². The van der Waals surface area contributed by atoms with Crippen LogP contribution in [0.15, 0.2) is 72.8 Å². The van der Waals surface area contributed by atoms with Crippen LogP contribution in [0, 0.1) is 0 Å². The SMILES string of the molecule is Oc1ccc(C(c2ccc(O)cc2)(c2ccc(O)cc2)N2CCNCC2)cc1. The van der Waals surface area contributed by atoms with Gasteiger partial charge in [0, 0.05) is 26.2 Å². The topological polar surface area (TPSA) is 76.0 Å². The third kappa shape index (κ3) is 3.19. The molecule has 0 spiro atoms. The van der Waals surface area contributed by atoms with E-state index in [-0.39, 0.29) is 17.2 Å². The molecule has 1 aliphatic heterocycles. The number of hydrogen-bond acceptors (Lipinski definition) is 5. The normalized spacial score (nSPS) is 15.4. The minimum atomic E-state index is -0.614. The molecule has 0 radical (unpaired) electrons. The number of phenols is 3. The first kappa shape index (κ1) is 18.3. The highest BCUT2D eigenvalue weighted by molar-refractivity contribution is 5.52. The van der Waals surface area contributed by atoms with Crippen molar-refractivity contribution in [2.45, 2.75) is 5.54 Å². The lowest BCUT2D eigenvalue weighted by Crippen LogP contribution is -2.55. The van der Waals surface area contributed by atoms with Crippen LogP contribution in [-0.4, -0.2) is 46.4 Å². The van der Waals surface area contributed by atoms with Crippen LogP contribution < -0.4 is 5.32 Å². The second kappa shape index (κ2) is 7.54. The molecule has 4 N–H and O–H groups in total. The maximum absolute atomic E-state index is 9.86. The largest absolute Gasteiger partial charge is 0.508 e. The Morgan fingerprint density at radius 2 is 0.893 bits per heavy atom. The zero-order valence-corrected chi connectivity index (χ0v) is 15.5. The zero-order chi connectivity index (χ0) is 19.6. The van der Waals surface area contributed by atoms with E-state index < -0.39 is 5.54 Å². The van der Waals surface area contributed by atoms with Gasteiger partial charge in [0.05, 0.1) is 5.54 Å². The fourth-order valence-electron chi connectivity index (χ4n) is 4.16. The van der Waals surface area contributed by atoms with Crippen LogP contribution >= 0.6 is 0 Å². The van der Waals surface area contributed by atoms with Gasteiger partial charge in [-0.25, -0.2) is 0 Å². The van der Waals surface area contributed by atoms with Gasteiger partial charge in [0.2, 0.25) is 0 Å². The van der Waals surface area contributed by atoms with Crippen LogP contribution in [0.4, 0.5) is 0 Å². The molecule has 0 unspecified atom stereocenters. The van der Waals surface area contributed by atoms with Crippen molar-refractivity contribution in [3.05, 3.63) is 89.5 Å². The summed E-state index contributed by atoms with van der Waals surface area (Å²) in [5.41, 5.74) is 2.44. The van der Waals surface area contributed by atoms with Crippen LogP contribution in [0.1, 0.15) is 16.7 Å². The van der Waals surface area contributed by atoms with Gasteiger partial charge in [-0.1, -0.05) is 36.4 Å². The molecule has 5 heteroatoms. The molecular formula is C23H24N2O3. The van der Waals surface area contributed by atoms with Crippen LogP contribution in [0.25, 0.3) is 0 Å². The van der Waals surface area contributed by atoms with E-state index in [9.17, 15) is 15.3 Å². The number of hydrogen-bond donors (Lipinski definition) is 4. The molecule has 1 fully saturated rings. The van der Waals surface area contributed by atoms with Crippen molar-refractivity contribution in [1.29, 1.82) is 0 Å². The summed E-state index contributed by atoms with van der Waals surface area (Å²) in [6.07, 6.45) is 0. The zero-order valence-electron chi connectivity index (χ0n) is 15.5. The summed E-state index contributed by atoms with van der Waals surface area (Å²) in [5, 5.41) is 33.0. The number of piperazine rings is 1. The smallest absolute Gasteiger partial charge is 0.115 e. The number of nitrogens with one attached hydrogen (secondary N) is 1. The first-order valence-corrected chi connectivity index (χ1v) is 9.45.